The Morgan fingerprint density at radius 2 is 1.13 bits per heavy atom. The lowest BCUT2D eigenvalue weighted by Gasteiger charge is -2.28. The molecule has 0 unspecified atom stereocenters. The maximum absolute atomic E-state index is 12.0. The van der Waals surface area contributed by atoms with Crippen molar-refractivity contribution in [3.8, 4) is 0 Å². The van der Waals surface area contributed by atoms with Crippen molar-refractivity contribution in [3.63, 3.8) is 0 Å². The summed E-state index contributed by atoms with van der Waals surface area (Å²) in [5, 5.41) is 13.6. The first-order chi connectivity index (χ1) is 14.6. The summed E-state index contributed by atoms with van der Waals surface area (Å²) >= 11 is 3.54. The van der Waals surface area contributed by atoms with Crippen LogP contribution in [0.5, 0.6) is 0 Å². The first-order valence-electron chi connectivity index (χ1n) is 9.68. The van der Waals surface area contributed by atoms with Crippen molar-refractivity contribution < 1.29 is 26.9 Å². The maximum Gasteiger partial charge on any atom is 0.336 e. The van der Waals surface area contributed by atoms with E-state index in [1.54, 1.807) is 12.1 Å². The number of carboxylic acid groups (broad SMARTS) is 1. The molecule has 0 atom stereocenters. The molecule has 0 bridgehead atoms. The molecule has 5 heteroatoms. The zero-order valence-corrected chi connectivity index (χ0v) is 20.7. The molecule has 4 aromatic carbocycles. The summed E-state index contributed by atoms with van der Waals surface area (Å²) in [5.74, 6) is -0.898. The van der Waals surface area contributed by atoms with Crippen LogP contribution in [0.1, 0.15) is 15.9 Å². The second-order valence-corrected chi connectivity index (χ2v) is 11.5. The molecule has 0 fully saturated rings. The normalized spacial score (nSPS) is 10.9. The van der Waals surface area contributed by atoms with E-state index >= 15 is 0 Å². The molecule has 0 aliphatic heterocycles. The van der Waals surface area contributed by atoms with E-state index in [1.807, 2.05) is 24.3 Å². The van der Waals surface area contributed by atoms with Crippen LogP contribution in [-0.4, -0.2) is 11.1 Å². The van der Waals surface area contributed by atoms with Gasteiger partial charge in [-0.05, 0) is 54.6 Å². The highest BCUT2D eigenvalue weighted by atomic mass is 79.9. The molecule has 2 nitrogen and oxygen atoms in total. The number of carbonyl (C=O) groups is 1. The fourth-order valence-corrected chi connectivity index (χ4v) is 8.59. The lowest BCUT2D eigenvalue weighted by molar-refractivity contribution is -0.0000214. The zero-order valence-electron chi connectivity index (χ0n) is 16.7. The van der Waals surface area contributed by atoms with Crippen molar-refractivity contribution in [1.82, 2.24) is 0 Å². The van der Waals surface area contributed by atoms with Crippen LogP contribution in [0.15, 0.2) is 114 Å². The molecule has 4 aromatic rings. The van der Waals surface area contributed by atoms with E-state index in [1.165, 1.54) is 15.9 Å². The third kappa shape index (κ3) is 4.82. The van der Waals surface area contributed by atoms with E-state index in [4.69, 9.17) is 0 Å². The number of rotatable bonds is 6. The molecule has 4 rings (SSSR count). The maximum atomic E-state index is 12.0. The Hall–Kier alpha value is -2.26. The summed E-state index contributed by atoms with van der Waals surface area (Å²) < 4.78 is 0.884. The Morgan fingerprint density at radius 3 is 1.52 bits per heavy atom. The SMILES string of the molecule is O=C(O)c1ccc(Br)cc1C[P+](c1ccccc1)(c1ccccc1)c1ccccc1.[Br-]. The summed E-state index contributed by atoms with van der Waals surface area (Å²) in [6, 6.07) is 36.9. The Balaban J connectivity index is 0.00000272. The van der Waals surface area contributed by atoms with Gasteiger partial charge in [-0.2, -0.15) is 0 Å². The van der Waals surface area contributed by atoms with Crippen LogP contribution in [0, 0.1) is 0 Å². The van der Waals surface area contributed by atoms with Gasteiger partial charge in [0, 0.05) is 10.0 Å². The molecular weight excluding hydrogens is 535 g/mol. The van der Waals surface area contributed by atoms with Crippen molar-refractivity contribution >= 4 is 45.1 Å². The standard InChI is InChI=1S/C26H20BrO2P.BrH/c27-21-16-17-25(26(28)29)20(18-21)19-30(22-10-4-1-5-11-22,23-12-6-2-7-13-23)24-14-8-3-9-15-24;/h1-18H,19H2;1H. The molecule has 0 amide bonds. The number of benzene rings is 4. The predicted octanol–water partition coefficient (Wildman–Crippen LogP) is 2.65. The van der Waals surface area contributed by atoms with Gasteiger partial charge in [-0.1, -0.05) is 70.5 Å². The van der Waals surface area contributed by atoms with Crippen molar-refractivity contribution in [2.75, 3.05) is 0 Å². The van der Waals surface area contributed by atoms with E-state index in [-0.39, 0.29) is 17.0 Å². The summed E-state index contributed by atoms with van der Waals surface area (Å²) in [5.41, 5.74) is 1.19. The number of aromatic carboxylic acids is 1. The molecule has 156 valence electrons. The smallest absolute Gasteiger partial charge is 0.336 e. The van der Waals surface area contributed by atoms with Crippen molar-refractivity contribution in [3.05, 3.63) is 125 Å². The second-order valence-electron chi connectivity index (χ2n) is 7.08. The van der Waals surface area contributed by atoms with E-state index in [9.17, 15) is 9.90 Å². The average molecular weight is 556 g/mol. The minimum atomic E-state index is -2.15. The third-order valence-corrected chi connectivity index (χ3v) is 10.1. The molecule has 0 saturated carbocycles. The topological polar surface area (TPSA) is 37.3 Å². The van der Waals surface area contributed by atoms with Crippen LogP contribution in [-0.2, 0) is 6.16 Å². The number of halogens is 2. The van der Waals surface area contributed by atoms with E-state index in [2.05, 4.69) is 88.7 Å². The molecule has 0 aromatic heterocycles. The molecule has 0 spiro atoms. The molecule has 0 aliphatic carbocycles. The van der Waals surface area contributed by atoms with Crippen molar-refractivity contribution in [2.45, 2.75) is 6.16 Å². The zero-order chi connectivity index (χ0) is 21.0. The Kier molecular flexibility index (Phi) is 7.83. The molecule has 0 radical (unpaired) electrons. The fraction of sp³-hybridized carbons (Fsp3) is 0.0385. The third-order valence-electron chi connectivity index (χ3n) is 5.30. The van der Waals surface area contributed by atoms with Crippen LogP contribution in [0.25, 0.3) is 0 Å². The lowest BCUT2D eigenvalue weighted by atomic mass is 10.1. The van der Waals surface area contributed by atoms with Gasteiger partial charge in [0.15, 0.2) is 0 Å². The summed E-state index contributed by atoms with van der Waals surface area (Å²) in [4.78, 5) is 12.0. The second kappa shape index (κ2) is 10.4. The Bertz CT molecular complexity index is 1050. The number of carboxylic acids is 1. The van der Waals surface area contributed by atoms with Gasteiger partial charge in [0.05, 0.1) is 11.7 Å². The molecule has 1 N–H and O–H groups in total. The first kappa shape index (κ1) is 23.4. The summed E-state index contributed by atoms with van der Waals surface area (Å²) in [6.45, 7) is 0. The minimum Gasteiger partial charge on any atom is -1.00 e. The largest absolute Gasteiger partial charge is 1.00 e. The fourth-order valence-electron chi connectivity index (χ4n) is 3.93. The van der Waals surface area contributed by atoms with Gasteiger partial charge in [0.1, 0.15) is 23.2 Å². The van der Waals surface area contributed by atoms with E-state index in [0.29, 0.717) is 11.7 Å². The van der Waals surface area contributed by atoms with Crippen LogP contribution in [0.2, 0.25) is 0 Å². The Labute approximate surface area is 202 Å². The van der Waals surface area contributed by atoms with Gasteiger partial charge < -0.3 is 22.1 Å². The number of hydrogen-bond donors (Lipinski definition) is 1. The highest BCUT2D eigenvalue weighted by molar-refractivity contribution is 9.10. The van der Waals surface area contributed by atoms with Gasteiger partial charge in [-0.25, -0.2) is 4.79 Å². The van der Waals surface area contributed by atoms with Crippen LogP contribution in [0.4, 0.5) is 0 Å². The van der Waals surface area contributed by atoms with E-state index < -0.39 is 13.2 Å². The predicted molar refractivity (Wildman–Crippen MR) is 130 cm³/mol. The van der Waals surface area contributed by atoms with Gasteiger partial charge in [-0.15, -0.1) is 0 Å². The first-order valence-corrected chi connectivity index (χ1v) is 12.4. The van der Waals surface area contributed by atoms with Crippen molar-refractivity contribution in [2.24, 2.45) is 0 Å². The number of hydrogen-bond acceptors (Lipinski definition) is 1. The van der Waals surface area contributed by atoms with Gasteiger partial charge in [0.25, 0.3) is 0 Å². The molecular formula is C26H21Br2O2P. The Morgan fingerprint density at radius 1 is 0.710 bits per heavy atom. The molecule has 0 heterocycles. The molecule has 0 saturated heterocycles. The minimum absolute atomic E-state index is 0. The van der Waals surface area contributed by atoms with Crippen LogP contribution in [0.3, 0.4) is 0 Å². The van der Waals surface area contributed by atoms with Gasteiger partial charge in [-0.3, -0.25) is 0 Å². The summed E-state index contributed by atoms with van der Waals surface area (Å²) in [7, 11) is -2.15. The van der Waals surface area contributed by atoms with Gasteiger partial charge >= 0.3 is 5.97 Å². The molecule has 0 aliphatic rings. The average Bonchev–Trinajstić information content (AvgIpc) is 2.79. The highest BCUT2D eigenvalue weighted by Gasteiger charge is 2.46. The monoisotopic (exact) mass is 554 g/mol. The van der Waals surface area contributed by atoms with Gasteiger partial charge in [0.2, 0.25) is 0 Å². The molecule has 31 heavy (non-hydrogen) atoms. The quantitative estimate of drug-likeness (QED) is 0.371. The van der Waals surface area contributed by atoms with E-state index in [0.717, 1.165) is 10.0 Å². The van der Waals surface area contributed by atoms with Crippen LogP contribution < -0.4 is 32.9 Å². The summed E-state index contributed by atoms with van der Waals surface area (Å²) in [6.07, 6.45) is 0.631. The lowest BCUT2D eigenvalue weighted by Crippen LogP contribution is -3.00. The highest BCUT2D eigenvalue weighted by Crippen LogP contribution is 2.58. The van der Waals surface area contributed by atoms with Crippen LogP contribution >= 0.6 is 23.2 Å². The van der Waals surface area contributed by atoms with Crippen molar-refractivity contribution in [1.29, 1.82) is 0 Å².